The molecule has 4 nitrogen and oxygen atoms in total. The third-order valence-corrected chi connectivity index (χ3v) is 3.39. The Morgan fingerprint density at radius 2 is 2.14 bits per heavy atom. The second-order valence-electron chi connectivity index (χ2n) is 4.82. The van der Waals surface area contributed by atoms with Gasteiger partial charge < -0.3 is 10.6 Å². The van der Waals surface area contributed by atoms with Crippen LogP contribution < -0.4 is 10.6 Å². The lowest BCUT2D eigenvalue weighted by Crippen LogP contribution is -2.15. The van der Waals surface area contributed by atoms with E-state index in [0.717, 1.165) is 34.4 Å². The van der Waals surface area contributed by atoms with E-state index < -0.39 is 0 Å². The predicted octanol–water partition coefficient (Wildman–Crippen LogP) is 4.23. The monoisotopic (exact) mass is 347 g/mol. The highest BCUT2D eigenvalue weighted by Gasteiger charge is 2.12. The number of nitrogens with zero attached hydrogens (tertiary/aromatic N) is 1. The molecule has 2 aromatic rings. The fourth-order valence-corrected chi connectivity index (χ4v) is 2.60. The van der Waals surface area contributed by atoms with Crippen LogP contribution >= 0.6 is 15.9 Å². The Hall–Kier alpha value is -1.88. The zero-order valence-corrected chi connectivity index (χ0v) is 13.7. The number of anilines is 2. The maximum absolute atomic E-state index is 12.4. The van der Waals surface area contributed by atoms with Crippen LogP contribution in [-0.4, -0.2) is 17.4 Å². The van der Waals surface area contributed by atoms with Crippen molar-refractivity contribution in [2.45, 2.75) is 20.3 Å². The summed E-state index contributed by atoms with van der Waals surface area (Å²) in [7, 11) is 0. The van der Waals surface area contributed by atoms with Crippen LogP contribution in [0.25, 0.3) is 0 Å². The number of benzene rings is 1. The molecule has 110 valence electrons. The number of halogens is 1. The van der Waals surface area contributed by atoms with Gasteiger partial charge in [-0.1, -0.05) is 22.9 Å². The van der Waals surface area contributed by atoms with Gasteiger partial charge in [-0.2, -0.15) is 0 Å². The molecule has 2 rings (SSSR count). The summed E-state index contributed by atoms with van der Waals surface area (Å²) in [5.74, 6) is -0.167. The summed E-state index contributed by atoms with van der Waals surface area (Å²) in [6.07, 6.45) is 4.25. The maximum atomic E-state index is 12.4. The van der Waals surface area contributed by atoms with Gasteiger partial charge in [0.1, 0.15) is 0 Å². The van der Waals surface area contributed by atoms with Crippen LogP contribution in [-0.2, 0) is 0 Å². The SMILES string of the molecule is CCCNc1ccncc1C(=O)Nc1cc(C)cc(Br)c1. The van der Waals surface area contributed by atoms with Crippen molar-refractivity contribution in [2.24, 2.45) is 0 Å². The van der Waals surface area contributed by atoms with Gasteiger partial charge in [-0.05, 0) is 43.2 Å². The summed E-state index contributed by atoms with van der Waals surface area (Å²) < 4.78 is 0.938. The number of carbonyl (C=O) groups is 1. The van der Waals surface area contributed by atoms with Crippen molar-refractivity contribution in [1.29, 1.82) is 0 Å². The molecule has 21 heavy (non-hydrogen) atoms. The first kappa shape index (κ1) is 15.5. The van der Waals surface area contributed by atoms with Crippen molar-refractivity contribution < 1.29 is 4.79 Å². The minimum atomic E-state index is -0.167. The number of hydrogen-bond acceptors (Lipinski definition) is 3. The summed E-state index contributed by atoms with van der Waals surface area (Å²) in [4.78, 5) is 16.5. The van der Waals surface area contributed by atoms with E-state index >= 15 is 0 Å². The Bertz CT molecular complexity index is 623. The van der Waals surface area contributed by atoms with Crippen molar-refractivity contribution in [3.63, 3.8) is 0 Å². The largest absolute Gasteiger partial charge is 0.384 e. The summed E-state index contributed by atoms with van der Waals surface area (Å²) in [5, 5.41) is 6.15. The maximum Gasteiger partial charge on any atom is 0.259 e. The first-order chi connectivity index (χ1) is 10.1. The molecular formula is C16H18BrN3O. The number of hydrogen-bond donors (Lipinski definition) is 2. The molecular weight excluding hydrogens is 330 g/mol. The van der Waals surface area contributed by atoms with Crippen LogP contribution in [0.3, 0.4) is 0 Å². The highest BCUT2D eigenvalue weighted by Crippen LogP contribution is 2.21. The molecule has 0 saturated heterocycles. The number of nitrogens with one attached hydrogen (secondary N) is 2. The summed E-state index contributed by atoms with van der Waals surface area (Å²) in [6, 6.07) is 7.61. The van der Waals surface area contributed by atoms with Gasteiger partial charge in [-0.25, -0.2) is 0 Å². The fraction of sp³-hybridized carbons (Fsp3) is 0.250. The van der Waals surface area contributed by atoms with Gasteiger partial charge in [0.2, 0.25) is 0 Å². The lowest BCUT2D eigenvalue weighted by molar-refractivity contribution is 0.102. The van der Waals surface area contributed by atoms with E-state index in [1.54, 1.807) is 12.4 Å². The van der Waals surface area contributed by atoms with Crippen LogP contribution in [0.15, 0.2) is 41.1 Å². The van der Waals surface area contributed by atoms with E-state index in [1.165, 1.54) is 0 Å². The number of rotatable bonds is 5. The number of pyridine rings is 1. The van der Waals surface area contributed by atoms with Crippen molar-refractivity contribution >= 4 is 33.2 Å². The molecule has 0 atom stereocenters. The molecule has 0 aliphatic heterocycles. The Kier molecular flexibility index (Phi) is 5.33. The zero-order valence-electron chi connectivity index (χ0n) is 12.1. The van der Waals surface area contributed by atoms with E-state index in [2.05, 4.69) is 38.5 Å². The molecule has 1 aromatic carbocycles. The second kappa shape index (κ2) is 7.22. The minimum Gasteiger partial charge on any atom is -0.384 e. The number of aryl methyl sites for hydroxylation is 1. The quantitative estimate of drug-likeness (QED) is 0.850. The van der Waals surface area contributed by atoms with E-state index in [-0.39, 0.29) is 5.91 Å². The molecule has 0 aliphatic rings. The third kappa shape index (κ3) is 4.29. The van der Waals surface area contributed by atoms with Crippen LogP contribution in [0, 0.1) is 6.92 Å². The summed E-state index contributed by atoms with van der Waals surface area (Å²) in [5.41, 5.74) is 3.19. The standard InChI is InChI=1S/C16H18BrN3O/c1-3-5-19-15-4-6-18-10-14(15)16(21)20-13-8-11(2)7-12(17)9-13/h4,6-10H,3,5H2,1-2H3,(H,18,19)(H,20,21). The molecule has 0 aliphatic carbocycles. The predicted molar refractivity (Wildman–Crippen MR) is 89.8 cm³/mol. The molecule has 0 fully saturated rings. The average Bonchev–Trinajstić information content (AvgIpc) is 2.44. The van der Waals surface area contributed by atoms with Gasteiger partial charge in [0.25, 0.3) is 5.91 Å². The number of aromatic nitrogens is 1. The molecule has 1 aromatic heterocycles. The first-order valence-electron chi connectivity index (χ1n) is 6.86. The number of amides is 1. The fourth-order valence-electron chi connectivity index (χ4n) is 2.00. The lowest BCUT2D eigenvalue weighted by Gasteiger charge is -2.11. The Morgan fingerprint density at radius 3 is 2.86 bits per heavy atom. The summed E-state index contributed by atoms with van der Waals surface area (Å²) >= 11 is 3.43. The Labute approximate surface area is 133 Å². The molecule has 0 radical (unpaired) electrons. The van der Waals surface area contributed by atoms with Crippen LogP contribution in [0.5, 0.6) is 0 Å². The summed E-state index contributed by atoms with van der Waals surface area (Å²) in [6.45, 7) is 4.89. The molecule has 5 heteroatoms. The Morgan fingerprint density at radius 1 is 1.33 bits per heavy atom. The van der Waals surface area contributed by atoms with Crippen molar-refractivity contribution in [1.82, 2.24) is 4.98 Å². The van der Waals surface area contributed by atoms with Gasteiger partial charge in [-0.3, -0.25) is 9.78 Å². The lowest BCUT2D eigenvalue weighted by atomic mass is 10.2. The topological polar surface area (TPSA) is 54.0 Å². The third-order valence-electron chi connectivity index (χ3n) is 2.93. The molecule has 2 N–H and O–H groups in total. The van der Waals surface area contributed by atoms with E-state index in [0.29, 0.717) is 5.56 Å². The van der Waals surface area contributed by atoms with Crippen LogP contribution in [0.4, 0.5) is 11.4 Å². The molecule has 0 spiro atoms. The van der Waals surface area contributed by atoms with Gasteiger partial charge in [-0.15, -0.1) is 0 Å². The average molecular weight is 348 g/mol. The van der Waals surface area contributed by atoms with Crippen molar-refractivity contribution in [3.8, 4) is 0 Å². The van der Waals surface area contributed by atoms with Gasteiger partial charge in [0, 0.05) is 29.1 Å². The highest BCUT2D eigenvalue weighted by atomic mass is 79.9. The zero-order chi connectivity index (χ0) is 15.2. The van der Waals surface area contributed by atoms with Gasteiger partial charge in [0.05, 0.1) is 11.3 Å². The minimum absolute atomic E-state index is 0.167. The van der Waals surface area contributed by atoms with Gasteiger partial charge >= 0.3 is 0 Å². The van der Waals surface area contributed by atoms with Gasteiger partial charge in [0.15, 0.2) is 0 Å². The molecule has 1 amide bonds. The van der Waals surface area contributed by atoms with E-state index in [9.17, 15) is 4.79 Å². The molecule has 0 unspecified atom stereocenters. The molecule has 1 heterocycles. The number of carbonyl (C=O) groups excluding carboxylic acids is 1. The Balaban J connectivity index is 2.20. The molecule has 0 bridgehead atoms. The van der Waals surface area contributed by atoms with Crippen molar-refractivity contribution in [3.05, 3.63) is 52.3 Å². The highest BCUT2D eigenvalue weighted by molar-refractivity contribution is 9.10. The van der Waals surface area contributed by atoms with Crippen molar-refractivity contribution in [2.75, 3.05) is 17.2 Å². The first-order valence-corrected chi connectivity index (χ1v) is 7.66. The smallest absolute Gasteiger partial charge is 0.259 e. The van der Waals surface area contributed by atoms with E-state index in [4.69, 9.17) is 0 Å². The second-order valence-corrected chi connectivity index (χ2v) is 5.74. The normalized spacial score (nSPS) is 10.2. The van der Waals surface area contributed by atoms with E-state index in [1.807, 2.05) is 31.2 Å². The van der Waals surface area contributed by atoms with Crippen LogP contribution in [0.1, 0.15) is 29.3 Å². The molecule has 0 saturated carbocycles. The van der Waals surface area contributed by atoms with Crippen LogP contribution in [0.2, 0.25) is 0 Å².